The topological polar surface area (TPSA) is 57.6 Å². The van der Waals surface area contributed by atoms with Crippen LogP contribution in [0.15, 0.2) is 60.0 Å². The SMILES string of the molecule is CCN(CC)C(=S)SC/C(=N\NC(=O)c1cccnc1)c1ccccc1. The molecule has 0 fully saturated rings. The minimum Gasteiger partial charge on any atom is -0.358 e. The van der Waals surface area contributed by atoms with E-state index in [0.29, 0.717) is 11.3 Å². The van der Waals surface area contributed by atoms with E-state index in [1.165, 1.54) is 6.20 Å². The zero-order chi connectivity index (χ0) is 18.8. The number of hydrogen-bond acceptors (Lipinski definition) is 5. The summed E-state index contributed by atoms with van der Waals surface area (Å²) < 4.78 is 0.831. The van der Waals surface area contributed by atoms with Gasteiger partial charge in [0.2, 0.25) is 0 Å². The number of thioether (sulfide) groups is 1. The van der Waals surface area contributed by atoms with Gasteiger partial charge in [-0.05, 0) is 31.5 Å². The number of nitrogens with zero attached hydrogens (tertiary/aromatic N) is 3. The molecule has 2 aromatic rings. The molecule has 26 heavy (non-hydrogen) atoms. The lowest BCUT2D eigenvalue weighted by molar-refractivity contribution is 0.0954. The summed E-state index contributed by atoms with van der Waals surface area (Å²) in [4.78, 5) is 18.3. The van der Waals surface area contributed by atoms with Gasteiger partial charge in [0.25, 0.3) is 5.91 Å². The zero-order valence-corrected chi connectivity index (χ0v) is 16.5. The second-order valence-corrected chi connectivity index (χ2v) is 6.94. The molecule has 0 spiro atoms. The zero-order valence-electron chi connectivity index (χ0n) is 14.9. The molecular formula is C19H22N4OS2. The molecule has 1 N–H and O–H groups in total. The number of rotatable bonds is 7. The minimum absolute atomic E-state index is 0.289. The fraction of sp³-hybridized carbons (Fsp3) is 0.263. The molecule has 0 bridgehead atoms. The molecule has 0 aliphatic heterocycles. The molecule has 0 saturated carbocycles. The maximum Gasteiger partial charge on any atom is 0.272 e. The van der Waals surface area contributed by atoms with E-state index in [0.717, 1.165) is 28.7 Å². The van der Waals surface area contributed by atoms with Crippen molar-refractivity contribution in [2.45, 2.75) is 13.8 Å². The van der Waals surface area contributed by atoms with E-state index < -0.39 is 0 Å². The normalized spacial score (nSPS) is 11.1. The van der Waals surface area contributed by atoms with Crippen LogP contribution in [0.25, 0.3) is 0 Å². The molecule has 0 saturated heterocycles. The van der Waals surface area contributed by atoms with Gasteiger partial charge in [-0.2, -0.15) is 5.10 Å². The molecule has 1 heterocycles. The lowest BCUT2D eigenvalue weighted by atomic mass is 10.1. The molecule has 2 rings (SSSR count). The molecule has 0 aliphatic carbocycles. The van der Waals surface area contributed by atoms with Crippen molar-refractivity contribution in [2.75, 3.05) is 18.8 Å². The van der Waals surface area contributed by atoms with Gasteiger partial charge in [-0.3, -0.25) is 9.78 Å². The molecule has 5 nitrogen and oxygen atoms in total. The average molecular weight is 387 g/mol. The Bertz CT molecular complexity index is 747. The Balaban J connectivity index is 2.11. The number of pyridine rings is 1. The first-order valence-corrected chi connectivity index (χ1v) is 9.79. The van der Waals surface area contributed by atoms with Crippen molar-refractivity contribution in [1.82, 2.24) is 15.3 Å². The van der Waals surface area contributed by atoms with Gasteiger partial charge in [0, 0.05) is 31.2 Å². The maximum atomic E-state index is 12.2. The van der Waals surface area contributed by atoms with Crippen LogP contribution in [0.5, 0.6) is 0 Å². The smallest absolute Gasteiger partial charge is 0.272 e. The first-order valence-electron chi connectivity index (χ1n) is 8.39. The number of benzene rings is 1. The Labute approximate surface area is 163 Å². The molecular weight excluding hydrogens is 364 g/mol. The van der Waals surface area contributed by atoms with Crippen LogP contribution in [0.3, 0.4) is 0 Å². The van der Waals surface area contributed by atoms with E-state index in [4.69, 9.17) is 12.2 Å². The average Bonchev–Trinajstić information content (AvgIpc) is 2.70. The van der Waals surface area contributed by atoms with E-state index in [9.17, 15) is 4.79 Å². The third-order valence-corrected chi connectivity index (χ3v) is 5.21. The molecule has 1 aromatic carbocycles. The molecule has 0 radical (unpaired) electrons. The fourth-order valence-electron chi connectivity index (χ4n) is 2.19. The first-order chi connectivity index (χ1) is 12.7. The van der Waals surface area contributed by atoms with Crippen LogP contribution >= 0.6 is 24.0 Å². The van der Waals surface area contributed by atoms with E-state index in [1.54, 1.807) is 30.1 Å². The Hall–Kier alpha value is -2.25. The summed E-state index contributed by atoms with van der Waals surface area (Å²) in [6, 6.07) is 13.2. The second-order valence-electron chi connectivity index (χ2n) is 5.33. The molecule has 1 amide bonds. The lowest BCUT2D eigenvalue weighted by Gasteiger charge is -2.21. The number of carbonyl (C=O) groups is 1. The number of carbonyl (C=O) groups excluding carboxylic acids is 1. The Morgan fingerprint density at radius 2 is 1.85 bits per heavy atom. The number of amides is 1. The molecule has 7 heteroatoms. The van der Waals surface area contributed by atoms with Crippen molar-refractivity contribution in [3.05, 3.63) is 66.0 Å². The van der Waals surface area contributed by atoms with Gasteiger partial charge in [-0.1, -0.05) is 54.3 Å². The van der Waals surface area contributed by atoms with Gasteiger partial charge >= 0.3 is 0 Å². The summed E-state index contributed by atoms with van der Waals surface area (Å²) in [5.74, 6) is 0.287. The van der Waals surface area contributed by atoms with Crippen LogP contribution in [0.2, 0.25) is 0 Å². The molecule has 0 atom stereocenters. The standard InChI is InChI=1S/C19H22N4OS2/c1-3-23(4-2)19(25)26-14-17(15-9-6-5-7-10-15)21-22-18(24)16-11-8-12-20-13-16/h5-13H,3-4,14H2,1-2H3,(H,22,24)/b21-17+. The third-order valence-electron chi connectivity index (χ3n) is 3.68. The van der Waals surface area contributed by atoms with Crippen LogP contribution in [-0.4, -0.2) is 44.7 Å². The van der Waals surface area contributed by atoms with Crippen LogP contribution in [0, 0.1) is 0 Å². The number of nitrogens with one attached hydrogen (secondary N) is 1. The largest absolute Gasteiger partial charge is 0.358 e. The number of hydrazone groups is 1. The van der Waals surface area contributed by atoms with Gasteiger partial charge < -0.3 is 4.90 Å². The molecule has 0 unspecified atom stereocenters. The highest BCUT2D eigenvalue weighted by atomic mass is 32.2. The van der Waals surface area contributed by atoms with Crippen molar-refractivity contribution < 1.29 is 4.79 Å². The van der Waals surface area contributed by atoms with E-state index in [2.05, 4.69) is 34.3 Å². The van der Waals surface area contributed by atoms with Gasteiger partial charge in [0.1, 0.15) is 4.32 Å². The number of aromatic nitrogens is 1. The van der Waals surface area contributed by atoms with Crippen LogP contribution in [0.4, 0.5) is 0 Å². The highest BCUT2D eigenvalue weighted by Gasteiger charge is 2.11. The van der Waals surface area contributed by atoms with Crippen LogP contribution < -0.4 is 5.43 Å². The lowest BCUT2D eigenvalue weighted by Crippen LogP contribution is -2.28. The van der Waals surface area contributed by atoms with Gasteiger partial charge in [0.05, 0.1) is 11.3 Å². The van der Waals surface area contributed by atoms with E-state index in [1.807, 2.05) is 30.3 Å². The summed E-state index contributed by atoms with van der Waals surface area (Å²) in [6.45, 7) is 5.91. The summed E-state index contributed by atoms with van der Waals surface area (Å²) in [5, 5.41) is 4.34. The minimum atomic E-state index is -0.289. The van der Waals surface area contributed by atoms with Crippen molar-refractivity contribution in [3.8, 4) is 0 Å². The Kier molecular flexibility index (Phi) is 8.24. The number of thiocarbonyl (C=S) groups is 1. The summed E-state index contributed by atoms with van der Waals surface area (Å²) in [6.07, 6.45) is 3.14. The third kappa shape index (κ3) is 5.93. The van der Waals surface area contributed by atoms with Crippen molar-refractivity contribution in [3.63, 3.8) is 0 Å². The predicted molar refractivity (Wildman–Crippen MR) is 113 cm³/mol. The monoisotopic (exact) mass is 386 g/mol. The predicted octanol–water partition coefficient (Wildman–Crippen LogP) is 3.58. The highest BCUT2D eigenvalue weighted by Crippen LogP contribution is 2.13. The van der Waals surface area contributed by atoms with E-state index in [-0.39, 0.29) is 5.91 Å². The van der Waals surface area contributed by atoms with Crippen molar-refractivity contribution in [2.24, 2.45) is 5.10 Å². The highest BCUT2D eigenvalue weighted by molar-refractivity contribution is 8.23. The van der Waals surface area contributed by atoms with Crippen LogP contribution in [0.1, 0.15) is 29.8 Å². The fourth-order valence-corrected chi connectivity index (χ4v) is 3.56. The van der Waals surface area contributed by atoms with Gasteiger partial charge in [0.15, 0.2) is 0 Å². The summed E-state index contributed by atoms with van der Waals surface area (Å²) in [5.41, 5.74) is 4.80. The van der Waals surface area contributed by atoms with Crippen molar-refractivity contribution >= 4 is 39.9 Å². The van der Waals surface area contributed by atoms with E-state index >= 15 is 0 Å². The molecule has 136 valence electrons. The first kappa shape index (κ1) is 20.1. The van der Waals surface area contributed by atoms with Crippen molar-refractivity contribution in [1.29, 1.82) is 0 Å². The van der Waals surface area contributed by atoms with Gasteiger partial charge in [-0.25, -0.2) is 5.43 Å². The Morgan fingerprint density at radius 1 is 1.15 bits per heavy atom. The summed E-state index contributed by atoms with van der Waals surface area (Å²) >= 11 is 7.04. The molecule has 0 aliphatic rings. The molecule has 1 aromatic heterocycles. The second kappa shape index (κ2) is 10.7. The number of hydrogen-bond donors (Lipinski definition) is 1. The quantitative estimate of drug-likeness (QED) is 0.448. The summed E-state index contributed by atoms with van der Waals surface area (Å²) in [7, 11) is 0. The maximum absolute atomic E-state index is 12.2. The van der Waals surface area contributed by atoms with Crippen LogP contribution in [-0.2, 0) is 0 Å². The van der Waals surface area contributed by atoms with Gasteiger partial charge in [-0.15, -0.1) is 0 Å². The Morgan fingerprint density at radius 3 is 2.46 bits per heavy atom.